The fraction of sp³-hybridized carbons (Fsp3) is 0.0625. The van der Waals surface area contributed by atoms with Crippen LogP contribution < -0.4 is 15.6 Å². The second-order valence-electron chi connectivity index (χ2n) is 4.71. The molecule has 0 spiro atoms. The molecule has 23 heavy (non-hydrogen) atoms. The third-order valence-corrected chi connectivity index (χ3v) is 3.03. The number of anilines is 1. The van der Waals surface area contributed by atoms with Gasteiger partial charge in [0, 0.05) is 11.9 Å². The Labute approximate surface area is 130 Å². The van der Waals surface area contributed by atoms with E-state index in [9.17, 15) is 14.0 Å². The molecule has 2 aromatic heterocycles. The normalized spacial score (nSPS) is 10.5. The van der Waals surface area contributed by atoms with E-state index in [-0.39, 0.29) is 23.9 Å². The molecule has 0 bridgehead atoms. The number of nitrogens with zero attached hydrogens (tertiary/aromatic N) is 2. The Morgan fingerprint density at radius 1 is 1.22 bits per heavy atom. The van der Waals surface area contributed by atoms with Crippen LogP contribution in [-0.4, -0.2) is 21.9 Å². The Kier molecular flexibility index (Phi) is 4.01. The molecule has 0 atom stereocenters. The van der Waals surface area contributed by atoms with Crippen LogP contribution >= 0.6 is 0 Å². The molecular formula is C16H12FN3O3. The molecule has 0 saturated heterocycles. The highest BCUT2D eigenvalue weighted by Gasteiger charge is 2.07. The molecule has 3 aromatic rings. The zero-order valence-corrected chi connectivity index (χ0v) is 11.9. The van der Waals surface area contributed by atoms with Crippen molar-refractivity contribution >= 4 is 17.2 Å². The van der Waals surface area contributed by atoms with Crippen molar-refractivity contribution in [1.82, 2.24) is 9.38 Å². The summed E-state index contributed by atoms with van der Waals surface area (Å²) in [6.45, 7) is -0.313. The minimum Gasteiger partial charge on any atom is -0.467 e. The number of rotatable bonds is 4. The molecule has 1 aromatic carbocycles. The van der Waals surface area contributed by atoms with E-state index in [1.165, 1.54) is 34.7 Å². The molecule has 1 amide bonds. The highest BCUT2D eigenvalue weighted by Crippen LogP contribution is 2.09. The van der Waals surface area contributed by atoms with Gasteiger partial charge in [-0.3, -0.25) is 14.0 Å². The van der Waals surface area contributed by atoms with Gasteiger partial charge in [-0.05, 0) is 36.4 Å². The van der Waals surface area contributed by atoms with Crippen molar-refractivity contribution in [2.45, 2.75) is 0 Å². The number of nitrogens with one attached hydrogen (secondary N) is 1. The number of carbonyl (C=O) groups is 1. The van der Waals surface area contributed by atoms with Crippen molar-refractivity contribution < 1.29 is 13.9 Å². The Balaban J connectivity index is 1.67. The van der Waals surface area contributed by atoms with E-state index < -0.39 is 5.91 Å². The van der Waals surface area contributed by atoms with Gasteiger partial charge in [-0.25, -0.2) is 4.39 Å². The van der Waals surface area contributed by atoms with Crippen LogP contribution in [0.2, 0.25) is 0 Å². The third-order valence-electron chi connectivity index (χ3n) is 3.03. The van der Waals surface area contributed by atoms with Gasteiger partial charge in [-0.15, -0.1) is 0 Å². The minimum atomic E-state index is -0.438. The van der Waals surface area contributed by atoms with Crippen molar-refractivity contribution in [2.24, 2.45) is 0 Å². The molecule has 0 fully saturated rings. The van der Waals surface area contributed by atoms with Gasteiger partial charge >= 0.3 is 0 Å². The summed E-state index contributed by atoms with van der Waals surface area (Å²) in [5, 5.41) is 2.55. The standard InChI is InChI=1S/C16H12FN3O3/c17-11-4-6-12(7-5-11)18-14(21)10-23-15-9-16(22)20-8-2-1-3-13(20)19-15/h1-9H,10H2,(H,18,21). The predicted molar refractivity (Wildman–Crippen MR) is 82.0 cm³/mol. The van der Waals surface area contributed by atoms with Gasteiger partial charge in [0.1, 0.15) is 11.5 Å². The maximum absolute atomic E-state index is 12.8. The Morgan fingerprint density at radius 3 is 2.78 bits per heavy atom. The number of hydrogen-bond donors (Lipinski definition) is 1. The monoisotopic (exact) mass is 313 g/mol. The molecule has 7 heteroatoms. The Bertz CT molecular complexity index is 906. The summed E-state index contributed by atoms with van der Waals surface area (Å²) >= 11 is 0. The number of hydrogen-bond acceptors (Lipinski definition) is 4. The summed E-state index contributed by atoms with van der Waals surface area (Å²) in [7, 11) is 0. The summed E-state index contributed by atoms with van der Waals surface area (Å²) in [6.07, 6.45) is 1.59. The smallest absolute Gasteiger partial charge is 0.262 e. The first-order valence-electron chi connectivity index (χ1n) is 6.78. The second-order valence-corrected chi connectivity index (χ2v) is 4.71. The zero-order chi connectivity index (χ0) is 16.2. The van der Waals surface area contributed by atoms with Crippen LogP contribution in [0, 0.1) is 5.82 Å². The summed E-state index contributed by atoms with van der Waals surface area (Å²) < 4.78 is 19.4. The third kappa shape index (κ3) is 3.52. The van der Waals surface area contributed by atoms with Crippen LogP contribution in [0.1, 0.15) is 0 Å². The van der Waals surface area contributed by atoms with Gasteiger partial charge in [-0.1, -0.05) is 6.07 Å². The summed E-state index contributed by atoms with van der Waals surface area (Å²) in [5.74, 6) is -0.762. The van der Waals surface area contributed by atoms with E-state index >= 15 is 0 Å². The molecule has 0 radical (unpaired) electrons. The van der Waals surface area contributed by atoms with Crippen LogP contribution in [0.5, 0.6) is 5.88 Å². The molecule has 0 aliphatic carbocycles. The van der Waals surface area contributed by atoms with Gasteiger partial charge in [-0.2, -0.15) is 4.98 Å². The topological polar surface area (TPSA) is 72.7 Å². The highest BCUT2D eigenvalue weighted by molar-refractivity contribution is 5.91. The number of halogens is 1. The average molecular weight is 313 g/mol. The van der Waals surface area contributed by atoms with E-state index in [2.05, 4.69) is 10.3 Å². The quantitative estimate of drug-likeness (QED) is 0.798. The lowest BCUT2D eigenvalue weighted by atomic mass is 10.3. The van der Waals surface area contributed by atoms with Gasteiger partial charge in [0.2, 0.25) is 5.88 Å². The second kappa shape index (κ2) is 6.27. The van der Waals surface area contributed by atoms with E-state index in [0.29, 0.717) is 11.3 Å². The number of carbonyl (C=O) groups excluding carboxylic acids is 1. The van der Waals surface area contributed by atoms with Crippen molar-refractivity contribution in [2.75, 3.05) is 11.9 Å². The lowest BCUT2D eigenvalue weighted by Gasteiger charge is -2.07. The minimum absolute atomic E-state index is 0.0652. The van der Waals surface area contributed by atoms with Crippen LogP contribution in [-0.2, 0) is 4.79 Å². The molecular weight excluding hydrogens is 301 g/mol. The molecule has 0 saturated carbocycles. The van der Waals surface area contributed by atoms with Gasteiger partial charge < -0.3 is 10.1 Å². The molecule has 1 N–H and O–H groups in total. The maximum Gasteiger partial charge on any atom is 0.262 e. The number of amides is 1. The van der Waals surface area contributed by atoms with E-state index in [1.54, 1.807) is 24.4 Å². The molecule has 0 unspecified atom stereocenters. The van der Waals surface area contributed by atoms with Crippen LogP contribution in [0.25, 0.3) is 5.65 Å². The fourth-order valence-electron chi connectivity index (χ4n) is 1.98. The molecule has 3 rings (SSSR count). The molecule has 0 aliphatic rings. The molecule has 6 nitrogen and oxygen atoms in total. The number of benzene rings is 1. The van der Waals surface area contributed by atoms with Crippen molar-refractivity contribution in [3.63, 3.8) is 0 Å². The summed E-state index contributed by atoms with van der Waals surface area (Å²) in [6, 6.07) is 11.7. The van der Waals surface area contributed by atoms with Crippen LogP contribution in [0.3, 0.4) is 0 Å². The van der Waals surface area contributed by atoms with Crippen molar-refractivity contribution in [1.29, 1.82) is 0 Å². The van der Waals surface area contributed by atoms with Gasteiger partial charge in [0.05, 0.1) is 6.07 Å². The summed E-state index contributed by atoms with van der Waals surface area (Å²) in [5.41, 5.74) is 0.574. The molecule has 2 heterocycles. The maximum atomic E-state index is 12.8. The number of fused-ring (bicyclic) bond motifs is 1. The first kappa shape index (κ1) is 14.7. The Hall–Kier alpha value is -3.22. The first-order chi connectivity index (χ1) is 11.1. The highest BCUT2D eigenvalue weighted by atomic mass is 19.1. The molecule has 0 aliphatic heterocycles. The number of pyridine rings is 1. The van der Waals surface area contributed by atoms with Crippen molar-refractivity contribution in [3.8, 4) is 5.88 Å². The van der Waals surface area contributed by atoms with Crippen molar-refractivity contribution in [3.05, 3.63) is 70.9 Å². The van der Waals surface area contributed by atoms with Crippen LogP contribution in [0.15, 0.2) is 59.5 Å². The molecule has 116 valence electrons. The van der Waals surface area contributed by atoms with E-state index in [4.69, 9.17) is 4.74 Å². The number of aromatic nitrogens is 2. The van der Waals surface area contributed by atoms with Crippen LogP contribution in [0.4, 0.5) is 10.1 Å². The zero-order valence-electron chi connectivity index (χ0n) is 11.9. The van der Waals surface area contributed by atoms with Gasteiger partial charge in [0.25, 0.3) is 11.5 Å². The SMILES string of the molecule is O=C(COc1cc(=O)n2ccccc2n1)Nc1ccc(F)cc1. The predicted octanol–water partition coefficient (Wildman–Crippen LogP) is 1.85. The largest absolute Gasteiger partial charge is 0.467 e. The lowest BCUT2D eigenvalue weighted by molar-refractivity contribution is -0.118. The summed E-state index contributed by atoms with van der Waals surface area (Å²) in [4.78, 5) is 27.8. The number of ether oxygens (including phenoxy) is 1. The average Bonchev–Trinajstić information content (AvgIpc) is 2.55. The lowest BCUT2D eigenvalue weighted by Crippen LogP contribution is -2.22. The fourth-order valence-corrected chi connectivity index (χ4v) is 1.98. The van der Waals surface area contributed by atoms with E-state index in [1.807, 2.05) is 0 Å². The Morgan fingerprint density at radius 2 is 2.00 bits per heavy atom. The van der Waals surface area contributed by atoms with E-state index in [0.717, 1.165) is 0 Å². The van der Waals surface area contributed by atoms with Gasteiger partial charge in [0.15, 0.2) is 6.61 Å². The first-order valence-corrected chi connectivity index (χ1v) is 6.78.